The Morgan fingerprint density at radius 1 is 1.17 bits per heavy atom. The third-order valence-corrected chi connectivity index (χ3v) is 5.63. The molecule has 3 rings (SSSR count). The van der Waals surface area contributed by atoms with E-state index in [9.17, 15) is 18.8 Å². The molecule has 2 aliphatic rings. The molecule has 1 heterocycles. The highest BCUT2D eigenvalue weighted by Gasteiger charge is 2.35. The number of ether oxygens (including phenoxy) is 4. The molecule has 1 saturated heterocycles. The van der Waals surface area contributed by atoms with Crippen molar-refractivity contribution in [3.63, 3.8) is 0 Å². The number of methoxy groups -OCH3 is 1. The average Bonchev–Trinajstić information content (AvgIpc) is 3.02. The van der Waals surface area contributed by atoms with Gasteiger partial charge in [0.25, 0.3) is 0 Å². The summed E-state index contributed by atoms with van der Waals surface area (Å²) < 4.78 is 34.0. The van der Waals surface area contributed by atoms with Crippen LogP contribution in [0.25, 0.3) is 0 Å². The molecule has 0 radical (unpaired) electrons. The monoisotopic (exact) mass is 484 g/mol. The third-order valence-electron chi connectivity index (χ3n) is 5.63. The summed E-state index contributed by atoms with van der Waals surface area (Å²) in [6.45, 7) is 1.35. The topological polar surface area (TPSA) is 88.1 Å². The highest BCUT2D eigenvalue weighted by atomic mass is 19.1. The van der Waals surface area contributed by atoms with Crippen LogP contribution in [0.5, 0.6) is 0 Å². The summed E-state index contributed by atoms with van der Waals surface area (Å²) in [6, 6.07) is 6.01. The average molecular weight is 485 g/mol. The number of halogens is 1. The van der Waals surface area contributed by atoms with Gasteiger partial charge < -0.3 is 18.9 Å². The fraction of sp³-hybridized carbons (Fsp3) is 0.370. The fourth-order valence-electron chi connectivity index (χ4n) is 3.90. The predicted molar refractivity (Wildman–Crippen MR) is 126 cm³/mol. The van der Waals surface area contributed by atoms with Crippen molar-refractivity contribution < 1.29 is 37.7 Å². The van der Waals surface area contributed by atoms with Gasteiger partial charge in [-0.2, -0.15) is 0 Å². The van der Waals surface area contributed by atoms with E-state index in [2.05, 4.69) is 4.74 Å². The molecule has 0 N–H and O–H groups in total. The zero-order valence-electron chi connectivity index (χ0n) is 19.8. The van der Waals surface area contributed by atoms with Crippen molar-refractivity contribution in [2.45, 2.75) is 57.3 Å². The number of rotatable bonds is 10. The van der Waals surface area contributed by atoms with Crippen molar-refractivity contribution in [2.24, 2.45) is 0 Å². The van der Waals surface area contributed by atoms with Gasteiger partial charge in [0, 0.05) is 19.8 Å². The Balaban J connectivity index is 1.66. The first-order valence-corrected chi connectivity index (χ1v) is 11.4. The molecule has 1 fully saturated rings. The Hall–Kier alpha value is -3.68. The molecule has 3 atom stereocenters. The van der Waals surface area contributed by atoms with E-state index in [1.54, 1.807) is 18.2 Å². The van der Waals surface area contributed by atoms with Crippen LogP contribution in [0.3, 0.4) is 0 Å². The summed E-state index contributed by atoms with van der Waals surface area (Å²) in [7, 11) is 1.34. The van der Waals surface area contributed by atoms with Crippen LogP contribution in [0.2, 0.25) is 0 Å². The Kier molecular flexibility index (Phi) is 9.40. The molecule has 0 amide bonds. The van der Waals surface area contributed by atoms with Gasteiger partial charge >= 0.3 is 18.1 Å². The van der Waals surface area contributed by atoms with Crippen LogP contribution in [0.4, 0.5) is 9.18 Å². The first-order valence-electron chi connectivity index (χ1n) is 11.4. The van der Waals surface area contributed by atoms with Crippen LogP contribution in [-0.4, -0.2) is 43.5 Å². The van der Waals surface area contributed by atoms with Gasteiger partial charge in [-0.15, -0.1) is 0 Å². The first kappa shape index (κ1) is 25.9. The van der Waals surface area contributed by atoms with E-state index < -0.39 is 30.4 Å². The second kappa shape index (κ2) is 12.7. The van der Waals surface area contributed by atoms with Gasteiger partial charge in [-0.1, -0.05) is 42.5 Å². The maximum atomic E-state index is 13.2. The molecule has 1 aromatic carbocycles. The number of esters is 2. The molecular formula is C27H29FO7. The van der Waals surface area contributed by atoms with Gasteiger partial charge in [0.05, 0.1) is 7.11 Å². The van der Waals surface area contributed by atoms with Crippen LogP contribution < -0.4 is 0 Å². The molecule has 0 unspecified atom stereocenters. The molecule has 8 heteroatoms. The number of allylic oxidation sites excluding steroid dienone is 6. The summed E-state index contributed by atoms with van der Waals surface area (Å²) >= 11 is 0. The second-order valence-electron chi connectivity index (χ2n) is 8.29. The normalized spacial score (nSPS) is 20.4. The molecule has 7 nitrogen and oxygen atoms in total. The quantitative estimate of drug-likeness (QED) is 0.344. The van der Waals surface area contributed by atoms with E-state index in [4.69, 9.17) is 14.2 Å². The lowest BCUT2D eigenvalue weighted by Crippen LogP contribution is -2.23. The standard InChI is InChI=1S/C27H29FO7/c1-18(29)33-23(8-5-9-26(30)32-2)21-7-4-3-6-19(16-21)12-15-24-25(35-27(31)34-24)17-20-10-13-22(28)14-11-20/h3-4,6-7,10-15,23-25H,5,8-9,16-17H2,1-2H3/b15-12+/t23-,24-,25-/m0/s1. The van der Waals surface area contributed by atoms with E-state index in [1.807, 2.05) is 30.4 Å². The van der Waals surface area contributed by atoms with E-state index in [0.29, 0.717) is 25.7 Å². The number of carbonyl (C=O) groups excluding carboxylic acids is 3. The fourth-order valence-corrected chi connectivity index (χ4v) is 3.90. The molecule has 0 bridgehead atoms. The lowest BCUT2D eigenvalue weighted by molar-refractivity contribution is -0.145. The van der Waals surface area contributed by atoms with Gasteiger partial charge in [-0.3, -0.25) is 9.59 Å². The maximum absolute atomic E-state index is 13.2. The van der Waals surface area contributed by atoms with Crippen molar-refractivity contribution in [1.82, 2.24) is 0 Å². The van der Waals surface area contributed by atoms with Gasteiger partial charge in [-0.25, -0.2) is 9.18 Å². The van der Waals surface area contributed by atoms with Crippen LogP contribution in [-0.2, 0) is 35.0 Å². The Morgan fingerprint density at radius 3 is 2.63 bits per heavy atom. The minimum atomic E-state index is -0.748. The van der Waals surface area contributed by atoms with E-state index in [-0.39, 0.29) is 18.2 Å². The van der Waals surface area contributed by atoms with Crippen molar-refractivity contribution in [1.29, 1.82) is 0 Å². The van der Waals surface area contributed by atoms with Crippen molar-refractivity contribution in [3.05, 3.63) is 83.2 Å². The predicted octanol–water partition coefficient (Wildman–Crippen LogP) is 4.92. The van der Waals surface area contributed by atoms with Crippen LogP contribution >= 0.6 is 0 Å². The van der Waals surface area contributed by atoms with E-state index >= 15 is 0 Å². The molecule has 186 valence electrons. The molecule has 0 saturated carbocycles. The summed E-state index contributed by atoms with van der Waals surface area (Å²) in [6.07, 6.45) is 11.0. The smallest absolute Gasteiger partial charge is 0.469 e. The number of hydrogen-bond donors (Lipinski definition) is 0. The number of hydrogen-bond acceptors (Lipinski definition) is 7. The minimum absolute atomic E-state index is 0.239. The number of benzene rings is 1. The summed E-state index contributed by atoms with van der Waals surface area (Å²) in [5.41, 5.74) is 2.63. The van der Waals surface area contributed by atoms with Crippen LogP contribution in [0.15, 0.2) is 71.9 Å². The third kappa shape index (κ3) is 8.24. The highest BCUT2D eigenvalue weighted by Crippen LogP contribution is 2.26. The molecule has 0 aromatic heterocycles. The van der Waals surface area contributed by atoms with Gasteiger partial charge in [-0.05, 0) is 54.2 Å². The lowest BCUT2D eigenvalue weighted by atomic mass is 9.96. The Labute approximate surface area is 203 Å². The molecule has 1 aliphatic heterocycles. The molecule has 0 spiro atoms. The second-order valence-corrected chi connectivity index (χ2v) is 8.29. The maximum Gasteiger partial charge on any atom is 0.509 e. The van der Waals surface area contributed by atoms with Gasteiger partial charge in [0.1, 0.15) is 11.9 Å². The van der Waals surface area contributed by atoms with Crippen molar-refractivity contribution in [3.8, 4) is 0 Å². The van der Waals surface area contributed by atoms with E-state index in [1.165, 1.54) is 26.2 Å². The Bertz CT molecular complexity index is 1040. The van der Waals surface area contributed by atoms with Gasteiger partial charge in [0.2, 0.25) is 0 Å². The van der Waals surface area contributed by atoms with Crippen LogP contribution in [0, 0.1) is 5.82 Å². The zero-order chi connectivity index (χ0) is 25.2. The number of carbonyl (C=O) groups is 3. The molecule has 1 aromatic rings. The Morgan fingerprint density at radius 2 is 1.91 bits per heavy atom. The first-order chi connectivity index (χ1) is 16.8. The highest BCUT2D eigenvalue weighted by molar-refractivity contribution is 5.69. The SMILES string of the molecule is COC(=O)CCC[C@H](OC(C)=O)C1=CC=CC=C(/C=C/[C@@H]2OC(=O)O[C@H]2Cc2ccc(F)cc2)C1. The summed E-state index contributed by atoms with van der Waals surface area (Å²) in [4.78, 5) is 34.9. The largest absolute Gasteiger partial charge is 0.509 e. The zero-order valence-corrected chi connectivity index (χ0v) is 19.8. The van der Waals surface area contributed by atoms with Crippen molar-refractivity contribution >= 4 is 18.1 Å². The molecule has 1 aliphatic carbocycles. The minimum Gasteiger partial charge on any atom is -0.469 e. The molecular weight excluding hydrogens is 455 g/mol. The van der Waals surface area contributed by atoms with E-state index in [0.717, 1.165) is 16.7 Å². The molecule has 35 heavy (non-hydrogen) atoms. The summed E-state index contributed by atoms with van der Waals surface area (Å²) in [5.74, 6) is -1.05. The lowest BCUT2D eigenvalue weighted by Gasteiger charge is -2.20. The number of cyclic esters (lactones) is 2. The van der Waals surface area contributed by atoms with Gasteiger partial charge in [0.15, 0.2) is 12.2 Å². The van der Waals surface area contributed by atoms with Crippen LogP contribution in [0.1, 0.15) is 38.2 Å². The van der Waals surface area contributed by atoms with Crippen molar-refractivity contribution in [2.75, 3.05) is 7.11 Å². The summed E-state index contributed by atoms with van der Waals surface area (Å²) in [5, 5.41) is 0.